The van der Waals surface area contributed by atoms with Crippen LogP contribution in [0, 0.1) is 6.92 Å². The summed E-state index contributed by atoms with van der Waals surface area (Å²) in [5.41, 5.74) is 1.62. The zero-order valence-electron chi connectivity index (χ0n) is 9.57. The highest BCUT2D eigenvalue weighted by Gasteiger charge is 2.18. The van der Waals surface area contributed by atoms with E-state index in [0.717, 1.165) is 16.9 Å². The first-order valence-corrected chi connectivity index (χ1v) is 6.43. The zero-order chi connectivity index (χ0) is 13.1. The van der Waals surface area contributed by atoms with E-state index in [9.17, 15) is 9.59 Å². The lowest BCUT2D eigenvalue weighted by atomic mass is 10.2. The summed E-state index contributed by atoms with van der Waals surface area (Å²) in [5.74, 6) is -1.23. The number of nitrogens with one attached hydrogen (secondary N) is 1. The van der Waals surface area contributed by atoms with Gasteiger partial charge in [0.05, 0.1) is 9.21 Å². The van der Waals surface area contributed by atoms with Crippen molar-refractivity contribution in [2.75, 3.05) is 5.32 Å². The van der Waals surface area contributed by atoms with Crippen LogP contribution in [0.1, 0.15) is 15.2 Å². The van der Waals surface area contributed by atoms with Crippen molar-refractivity contribution in [2.45, 2.75) is 6.92 Å². The van der Waals surface area contributed by atoms with Gasteiger partial charge in [-0.15, -0.1) is 11.3 Å². The van der Waals surface area contributed by atoms with E-state index in [0.29, 0.717) is 14.9 Å². The Morgan fingerprint density at radius 3 is 2.61 bits per heavy atom. The number of benzene rings is 1. The molecule has 0 unspecified atom stereocenters. The number of Topliss-reactive ketones (excluding diaryl/α,β-unsaturated/α-hetero) is 1. The minimum absolute atomic E-state index is 0.338. The van der Waals surface area contributed by atoms with Gasteiger partial charge >= 0.3 is 0 Å². The van der Waals surface area contributed by atoms with Crippen molar-refractivity contribution < 1.29 is 9.59 Å². The molecule has 1 N–H and O–H groups in total. The van der Waals surface area contributed by atoms with Crippen LogP contribution in [0.5, 0.6) is 0 Å². The van der Waals surface area contributed by atoms with Crippen molar-refractivity contribution >= 4 is 40.3 Å². The second kappa shape index (κ2) is 5.33. The molecular weight excluding hydrogens is 270 g/mol. The summed E-state index contributed by atoms with van der Waals surface area (Å²) in [5, 5.41) is 2.57. The van der Waals surface area contributed by atoms with Crippen LogP contribution in [0.25, 0.3) is 0 Å². The van der Waals surface area contributed by atoms with Gasteiger partial charge in [-0.1, -0.05) is 23.7 Å². The molecule has 0 fully saturated rings. The third kappa shape index (κ3) is 2.97. The third-order valence-electron chi connectivity index (χ3n) is 2.28. The highest BCUT2D eigenvalue weighted by Crippen LogP contribution is 2.22. The van der Waals surface area contributed by atoms with E-state index in [2.05, 4.69) is 5.32 Å². The molecule has 0 atom stereocenters. The average molecular weight is 280 g/mol. The fraction of sp³-hybridized carbons (Fsp3) is 0.0769. The van der Waals surface area contributed by atoms with Crippen LogP contribution in [0.4, 0.5) is 5.69 Å². The second-order valence-corrected chi connectivity index (χ2v) is 5.47. The molecule has 92 valence electrons. The van der Waals surface area contributed by atoms with Crippen LogP contribution in [0.3, 0.4) is 0 Å². The smallest absolute Gasteiger partial charge is 0.297 e. The molecule has 5 heteroatoms. The fourth-order valence-corrected chi connectivity index (χ4v) is 2.44. The van der Waals surface area contributed by atoms with Crippen molar-refractivity contribution in [3.05, 3.63) is 51.2 Å². The zero-order valence-corrected chi connectivity index (χ0v) is 11.1. The molecule has 1 aromatic carbocycles. The Kier molecular flexibility index (Phi) is 3.79. The first kappa shape index (κ1) is 12.8. The van der Waals surface area contributed by atoms with Gasteiger partial charge in [-0.05, 0) is 36.8 Å². The Labute approximate surface area is 113 Å². The standard InChI is InChI=1S/C13H10ClNO2S/c1-8-3-2-4-9(7-8)15-13(17)12(16)10-5-6-11(14)18-10/h2-7H,1H3,(H,15,17). The number of rotatable bonds is 3. The normalized spacial score (nSPS) is 10.1. The molecule has 0 saturated carbocycles. The highest BCUT2D eigenvalue weighted by molar-refractivity contribution is 7.18. The van der Waals surface area contributed by atoms with Crippen molar-refractivity contribution in [3.63, 3.8) is 0 Å². The van der Waals surface area contributed by atoms with Gasteiger partial charge in [0.2, 0.25) is 0 Å². The first-order chi connectivity index (χ1) is 8.56. The van der Waals surface area contributed by atoms with Gasteiger partial charge in [-0.2, -0.15) is 0 Å². The molecule has 1 heterocycles. The van der Waals surface area contributed by atoms with Crippen LogP contribution in [-0.4, -0.2) is 11.7 Å². The largest absolute Gasteiger partial charge is 0.319 e. The van der Waals surface area contributed by atoms with Crippen LogP contribution in [0.2, 0.25) is 4.34 Å². The number of aryl methyl sites for hydroxylation is 1. The molecule has 1 amide bonds. The first-order valence-electron chi connectivity index (χ1n) is 5.24. The number of ketones is 1. The van der Waals surface area contributed by atoms with Crippen LogP contribution >= 0.6 is 22.9 Å². The monoisotopic (exact) mass is 279 g/mol. The summed E-state index contributed by atoms with van der Waals surface area (Å²) < 4.78 is 0.488. The van der Waals surface area contributed by atoms with E-state index >= 15 is 0 Å². The lowest BCUT2D eigenvalue weighted by Gasteiger charge is -2.04. The molecule has 0 aliphatic carbocycles. The average Bonchev–Trinajstić information content (AvgIpc) is 2.75. The van der Waals surface area contributed by atoms with E-state index < -0.39 is 11.7 Å². The number of hydrogen-bond acceptors (Lipinski definition) is 3. The minimum Gasteiger partial charge on any atom is -0.319 e. The van der Waals surface area contributed by atoms with Gasteiger partial charge < -0.3 is 5.32 Å². The van der Waals surface area contributed by atoms with Crippen molar-refractivity contribution in [1.82, 2.24) is 0 Å². The SMILES string of the molecule is Cc1cccc(NC(=O)C(=O)c2ccc(Cl)s2)c1. The molecule has 0 spiro atoms. The molecule has 0 saturated heterocycles. The summed E-state index contributed by atoms with van der Waals surface area (Å²) in [6.07, 6.45) is 0. The molecule has 0 radical (unpaired) electrons. The lowest BCUT2D eigenvalue weighted by Crippen LogP contribution is -2.21. The molecular formula is C13H10ClNO2S. The van der Waals surface area contributed by atoms with E-state index in [1.54, 1.807) is 24.3 Å². The minimum atomic E-state index is -0.654. The maximum atomic E-state index is 11.8. The molecule has 0 aliphatic heterocycles. The quantitative estimate of drug-likeness (QED) is 0.690. The summed E-state index contributed by atoms with van der Waals surface area (Å²) in [4.78, 5) is 23.9. The van der Waals surface area contributed by atoms with E-state index in [4.69, 9.17) is 11.6 Å². The lowest BCUT2D eigenvalue weighted by molar-refractivity contribution is -0.112. The van der Waals surface area contributed by atoms with Gasteiger partial charge in [0.15, 0.2) is 0 Å². The number of hydrogen-bond donors (Lipinski definition) is 1. The van der Waals surface area contributed by atoms with Gasteiger partial charge in [0.25, 0.3) is 11.7 Å². The number of carbonyl (C=O) groups is 2. The highest BCUT2D eigenvalue weighted by atomic mass is 35.5. The van der Waals surface area contributed by atoms with Crippen molar-refractivity contribution in [1.29, 1.82) is 0 Å². The van der Waals surface area contributed by atoms with E-state index in [-0.39, 0.29) is 0 Å². The molecule has 1 aromatic heterocycles. The van der Waals surface area contributed by atoms with Crippen LogP contribution < -0.4 is 5.32 Å². The molecule has 0 bridgehead atoms. The predicted molar refractivity (Wildman–Crippen MR) is 73.5 cm³/mol. The predicted octanol–water partition coefficient (Wildman–Crippen LogP) is 3.53. The molecule has 3 nitrogen and oxygen atoms in total. The topological polar surface area (TPSA) is 46.2 Å². The number of amides is 1. The summed E-state index contributed by atoms with van der Waals surface area (Å²) >= 11 is 6.82. The van der Waals surface area contributed by atoms with Crippen LogP contribution in [-0.2, 0) is 4.79 Å². The van der Waals surface area contributed by atoms with Gasteiger partial charge in [-0.3, -0.25) is 9.59 Å². The Bertz CT molecular complexity index is 607. The van der Waals surface area contributed by atoms with Crippen molar-refractivity contribution in [3.8, 4) is 0 Å². The van der Waals surface area contributed by atoms with Crippen LogP contribution in [0.15, 0.2) is 36.4 Å². The molecule has 18 heavy (non-hydrogen) atoms. The van der Waals surface area contributed by atoms with E-state index in [1.165, 1.54) is 0 Å². The molecule has 0 aliphatic rings. The Balaban J connectivity index is 2.11. The number of anilines is 1. The number of carbonyl (C=O) groups excluding carboxylic acids is 2. The summed E-state index contributed by atoms with van der Waals surface area (Å²) in [6.45, 7) is 1.91. The van der Waals surface area contributed by atoms with Gasteiger partial charge in [0.1, 0.15) is 0 Å². The number of halogens is 1. The summed E-state index contributed by atoms with van der Waals surface area (Å²) in [7, 11) is 0. The number of thiophene rings is 1. The second-order valence-electron chi connectivity index (χ2n) is 3.76. The Hall–Kier alpha value is -1.65. The van der Waals surface area contributed by atoms with Gasteiger partial charge in [-0.25, -0.2) is 0 Å². The third-order valence-corrected chi connectivity index (χ3v) is 3.51. The Morgan fingerprint density at radius 1 is 1.22 bits per heavy atom. The van der Waals surface area contributed by atoms with E-state index in [1.807, 2.05) is 19.1 Å². The maximum absolute atomic E-state index is 11.8. The van der Waals surface area contributed by atoms with Gasteiger partial charge in [0, 0.05) is 5.69 Å². The Morgan fingerprint density at radius 2 is 2.00 bits per heavy atom. The maximum Gasteiger partial charge on any atom is 0.297 e. The molecule has 2 aromatic rings. The fourth-order valence-electron chi connectivity index (χ4n) is 1.46. The van der Waals surface area contributed by atoms with Crippen molar-refractivity contribution in [2.24, 2.45) is 0 Å². The molecule has 2 rings (SSSR count). The summed E-state index contributed by atoms with van der Waals surface area (Å²) in [6, 6.07) is 10.4.